The predicted molar refractivity (Wildman–Crippen MR) is 47.6 cm³/mol. The lowest BCUT2D eigenvalue weighted by Crippen LogP contribution is -2.45. The van der Waals surface area contributed by atoms with Crippen molar-refractivity contribution in [3.05, 3.63) is 0 Å². The molecule has 1 saturated heterocycles. The van der Waals surface area contributed by atoms with Crippen molar-refractivity contribution in [2.75, 3.05) is 0 Å². The van der Waals surface area contributed by atoms with Crippen LogP contribution in [0.15, 0.2) is 0 Å². The molecule has 0 aromatic heterocycles. The first kappa shape index (κ1) is 7.60. The first-order valence-corrected chi connectivity index (χ1v) is 4.78. The standard InChI is InChI=1S/C10H19N/c1-7-5-8-6-9(8)11(7)10(2,3)4/h7-9H,5-6H2,1-4H3. The van der Waals surface area contributed by atoms with Gasteiger partial charge in [-0.15, -0.1) is 0 Å². The second kappa shape index (κ2) is 2.01. The lowest BCUT2D eigenvalue weighted by Gasteiger charge is -2.37. The SMILES string of the molecule is CC1CC2CC2N1C(C)(C)C. The van der Waals surface area contributed by atoms with Gasteiger partial charge in [0.1, 0.15) is 0 Å². The van der Waals surface area contributed by atoms with Crippen molar-refractivity contribution in [2.45, 2.75) is 58.2 Å². The number of hydrogen-bond donors (Lipinski definition) is 0. The van der Waals surface area contributed by atoms with E-state index in [1.165, 1.54) is 12.8 Å². The summed E-state index contributed by atoms with van der Waals surface area (Å²) < 4.78 is 0. The van der Waals surface area contributed by atoms with Crippen molar-refractivity contribution >= 4 is 0 Å². The molecule has 0 spiro atoms. The van der Waals surface area contributed by atoms with Gasteiger partial charge in [-0.2, -0.15) is 0 Å². The fraction of sp³-hybridized carbons (Fsp3) is 1.00. The van der Waals surface area contributed by atoms with E-state index in [0.29, 0.717) is 5.54 Å². The lowest BCUT2D eigenvalue weighted by atomic mass is 10.0. The summed E-state index contributed by atoms with van der Waals surface area (Å²) in [5.41, 5.74) is 0.398. The number of nitrogens with zero attached hydrogens (tertiary/aromatic N) is 1. The van der Waals surface area contributed by atoms with Gasteiger partial charge >= 0.3 is 0 Å². The highest BCUT2D eigenvalue weighted by Crippen LogP contribution is 2.50. The fourth-order valence-electron chi connectivity index (χ4n) is 2.86. The second-order valence-corrected chi connectivity index (χ2v) is 5.23. The van der Waals surface area contributed by atoms with Crippen molar-refractivity contribution in [3.63, 3.8) is 0 Å². The molecule has 0 N–H and O–H groups in total. The van der Waals surface area contributed by atoms with Gasteiger partial charge in [-0.3, -0.25) is 4.90 Å². The van der Waals surface area contributed by atoms with Gasteiger partial charge in [0.15, 0.2) is 0 Å². The molecule has 1 heteroatoms. The van der Waals surface area contributed by atoms with E-state index in [2.05, 4.69) is 32.6 Å². The molecule has 64 valence electrons. The smallest absolute Gasteiger partial charge is 0.0136 e. The third-order valence-electron chi connectivity index (χ3n) is 3.14. The van der Waals surface area contributed by atoms with Gasteiger partial charge in [-0.05, 0) is 46.5 Å². The minimum absolute atomic E-state index is 0.398. The maximum absolute atomic E-state index is 2.71. The van der Waals surface area contributed by atoms with Gasteiger partial charge in [-0.25, -0.2) is 0 Å². The highest BCUT2D eigenvalue weighted by molar-refractivity contribution is 5.07. The van der Waals surface area contributed by atoms with Crippen LogP contribution in [0.5, 0.6) is 0 Å². The van der Waals surface area contributed by atoms with Crippen molar-refractivity contribution < 1.29 is 0 Å². The van der Waals surface area contributed by atoms with Crippen LogP contribution in [0.3, 0.4) is 0 Å². The Kier molecular flexibility index (Phi) is 1.39. The summed E-state index contributed by atoms with van der Waals surface area (Å²) in [7, 11) is 0. The third-order valence-corrected chi connectivity index (χ3v) is 3.14. The van der Waals surface area contributed by atoms with Gasteiger partial charge in [-0.1, -0.05) is 0 Å². The quantitative estimate of drug-likeness (QED) is 0.516. The van der Waals surface area contributed by atoms with Crippen molar-refractivity contribution in [1.29, 1.82) is 0 Å². The van der Waals surface area contributed by atoms with Crippen LogP contribution in [-0.4, -0.2) is 22.5 Å². The van der Waals surface area contributed by atoms with Crippen LogP contribution < -0.4 is 0 Å². The zero-order chi connectivity index (χ0) is 8.22. The van der Waals surface area contributed by atoms with Crippen molar-refractivity contribution in [2.24, 2.45) is 5.92 Å². The average molecular weight is 153 g/mol. The number of piperidine rings is 1. The fourth-order valence-corrected chi connectivity index (χ4v) is 2.86. The second-order valence-electron chi connectivity index (χ2n) is 5.23. The normalized spacial score (nSPS) is 44.2. The molecule has 1 aliphatic heterocycles. The summed E-state index contributed by atoms with van der Waals surface area (Å²) in [5.74, 6) is 1.06. The van der Waals surface area contributed by atoms with Crippen LogP contribution in [0.25, 0.3) is 0 Å². The maximum atomic E-state index is 2.71. The lowest BCUT2D eigenvalue weighted by molar-refractivity contribution is 0.105. The molecule has 1 nitrogen and oxygen atoms in total. The Labute approximate surface area is 69.8 Å². The van der Waals surface area contributed by atoms with E-state index < -0.39 is 0 Å². The van der Waals surface area contributed by atoms with Crippen molar-refractivity contribution in [3.8, 4) is 0 Å². The first-order chi connectivity index (χ1) is 5.00. The monoisotopic (exact) mass is 153 g/mol. The molecule has 3 unspecified atom stereocenters. The zero-order valence-corrected chi connectivity index (χ0v) is 8.09. The molecule has 0 aromatic rings. The molecule has 0 radical (unpaired) electrons. The van der Waals surface area contributed by atoms with Crippen LogP contribution in [0.2, 0.25) is 0 Å². The Balaban J connectivity index is 2.12. The molecular weight excluding hydrogens is 134 g/mol. The van der Waals surface area contributed by atoms with Gasteiger partial charge in [0.05, 0.1) is 0 Å². The van der Waals surface area contributed by atoms with E-state index in [0.717, 1.165) is 18.0 Å². The van der Waals surface area contributed by atoms with E-state index in [1.807, 2.05) is 0 Å². The van der Waals surface area contributed by atoms with Crippen LogP contribution in [0.4, 0.5) is 0 Å². The summed E-state index contributed by atoms with van der Waals surface area (Å²) in [6.07, 6.45) is 2.92. The van der Waals surface area contributed by atoms with Gasteiger partial charge in [0, 0.05) is 17.6 Å². The van der Waals surface area contributed by atoms with Gasteiger partial charge in [0.25, 0.3) is 0 Å². The van der Waals surface area contributed by atoms with E-state index in [9.17, 15) is 0 Å². The topological polar surface area (TPSA) is 3.24 Å². The Morgan fingerprint density at radius 2 is 1.82 bits per heavy atom. The summed E-state index contributed by atoms with van der Waals surface area (Å²) >= 11 is 0. The molecule has 0 bridgehead atoms. The summed E-state index contributed by atoms with van der Waals surface area (Å²) in [6.45, 7) is 9.38. The Hall–Kier alpha value is -0.0400. The highest BCUT2D eigenvalue weighted by Gasteiger charge is 2.53. The molecule has 3 atom stereocenters. The minimum atomic E-state index is 0.398. The number of hydrogen-bond acceptors (Lipinski definition) is 1. The number of fused-ring (bicyclic) bond motifs is 1. The molecule has 1 saturated carbocycles. The predicted octanol–water partition coefficient (Wildman–Crippen LogP) is 2.27. The molecule has 2 fully saturated rings. The summed E-state index contributed by atoms with van der Waals surface area (Å²) in [4.78, 5) is 2.71. The van der Waals surface area contributed by atoms with Gasteiger partial charge < -0.3 is 0 Å². The largest absolute Gasteiger partial charge is 0.293 e. The van der Waals surface area contributed by atoms with Crippen LogP contribution in [0.1, 0.15) is 40.5 Å². The number of rotatable bonds is 0. The molecule has 1 aliphatic carbocycles. The maximum Gasteiger partial charge on any atom is 0.0136 e. The molecule has 1 heterocycles. The Bertz CT molecular complexity index is 166. The molecule has 2 aliphatic rings. The van der Waals surface area contributed by atoms with E-state index in [-0.39, 0.29) is 0 Å². The minimum Gasteiger partial charge on any atom is -0.293 e. The zero-order valence-electron chi connectivity index (χ0n) is 8.09. The van der Waals surface area contributed by atoms with E-state index >= 15 is 0 Å². The molecule has 0 aromatic carbocycles. The van der Waals surface area contributed by atoms with E-state index in [4.69, 9.17) is 0 Å². The highest BCUT2D eigenvalue weighted by atomic mass is 15.3. The van der Waals surface area contributed by atoms with E-state index in [1.54, 1.807) is 0 Å². The molecule has 11 heavy (non-hydrogen) atoms. The van der Waals surface area contributed by atoms with Crippen molar-refractivity contribution in [1.82, 2.24) is 4.90 Å². The number of likely N-dealkylation sites (tertiary alicyclic amines) is 1. The first-order valence-electron chi connectivity index (χ1n) is 4.78. The molecular formula is C10H19N. The Morgan fingerprint density at radius 1 is 1.18 bits per heavy atom. The van der Waals surface area contributed by atoms with Crippen LogP contribution in [-0.2, 0) is 0 Å². The van der Waals surface area contributed by atoms with Gasteiger partial charge in [0.2, 0.25) is 0 Å². The van der Waals surface area contributed by atoms with Crippen LogP contribution in [0, 0.1) is 5.92 Å². The third kappa shape index (κ3) is 1.10. The van der Waals surface area contributed by atoms with Crippen LogP contribution >= 0.6 is 0 Å². The molecule has 0 amide bonds. The summed E-state index contributed by atoms with van der Waals surface area (Å²) in [5, 5.41) is 0. The molecule has 2 rings (SSSR count). The average Bonchev–Trinajstić information content (AvgIpc) is 2.38. The Morgan fingerprint density at radius 3 is 2.09 bits per heavy atom. The summed E-state index contributed by atoms with van der Waals surface area (Å²) in [6, 6.07) is 1.78.